The summed E-state index contributed by atoms with van der Waals surface area (Å²) >= 11 is 12.9. The highest BCUT2D eigenvalue weighted by atomic mass is 35.5. The Hall–Kier alpha value is -0.710. The fourth-order valence-electron chi connectivity index (χ4n) is 0.786. The highest BCUT2D eigenvalue weighted by Crippen LogP contribution is 2.21. The quantitative estimate of drug-likeness (QED) is 0.506. The van der Waals surface area contributed by atoms with E-state index in [0.717, 1.165) is 5.56 Å². The van der Waals surface area contributed by atoms with Gasteiger partial charge in [-0.3, -0.25) is 0 Å². The van der Waals surface area contributed by atoms with Crippen molar-refractivity contribution in [2.24, 2.45) is 15.9 Å². The third-order valence-electron chi connectivity index (χ3n) is 1.52. The Morgan fingerprint density at radius 1 is 1.40 bits per heavy atom. The number of rotatable bonds is 2. The number of thioether (sulfide) groups is 1. The molecule has 80 valence electrons. The van der Waals surface area contributed by atoms with Gasteiger partial charge in [0.15, 0.2) is 5.17 Å². The molecule has 15 heavy (non-hydrogen) atoms. The molecule has 2 N–H and O–H groups in total. The van der Waals surface area contributed by atoms with Crippen molar-refractivity contribution in [1.82, 2.24) is 0 Å². The summed E-state index contributed by atoms with van der Waals surface area (Å²) in [7, 11) is 0. The van der Waals surface area contributed by atoms with Crippen molar-refractivity contribution < 1.29 is 0 Å². The molecule has 0 bridgehead atoms. The van der Waals surface area contributed by atoms with Gasteiger partial charge in [-0.05, 0) is 24.0 Å². The van der Waals surface area contributed by atoms with Crippen LogP contribution in [0.4, 0.5) is 0 Å². The molecule has 0 saturated carbocycles. The smallest absolute Gasteiger partial charge is 0.180 e. The van der Waals surface area contributed by atoms with E-state index in [1.807, 2.05) is 6.26 Å². The maximum atomic E-state index is 5.82. The van der Waals surface area contributed by atoms with Gasteiger partial charge in [-0.1, -0.05) is 41.0 Å². The van der Waals surface area contributed by atoms with E-state index in [-0.39, 0.29) is 0 Å². The second-order valence-electron chi connectivity index (χ2n) is 2.56. The minimum Gasteiger partial charge on any atom is -0.377 e. The Labute approximate surface area is 102 Å². The number of halogens is 2. The van der Waals surface area contributed by atoms with Crippen molar-refractivity contribution >= 4 is 46.3 Å². The standard InChI is InChI=1S/C9H9Cl2N3S/c1-15-9(12)14-13-5-6-2-3-7(10)8(11)4-6/h2-5H,1H3,(H2,12,14)/b13-5-. The van der Waals surface area contributed by atoms with E-state index >= 15 is 0 Å². The summed E-state index contributed by atoms with van der Waals surface area (Å²) < 4.78 is 0. The van der Waals surface area contributed by atoms with Gasteiger partial charge in [-0.15, -0.1) is 5.10 Å². The molecular weight excluding hydrogens is 253 g/mol. The maximum Gasteiger partial charge on any atom is 0.180 e. The fraction of sp³-hybridized carbons (Fsp3) is 0.111. The fourth-order valence-corrected chi connectivity index (χ4v) is 1.22. The number of hydrogen-bond donors (Lipinski definition) is 1. The van der Waals surface area contributed by atoms with E-state index in [9.17, 15) is 0 Å². The third kappa shape index (κ3) is 4.11. The van der Waals surface area contributed by atoms with Crippen LogP contribution in [0.2, 0.25) is 10.0 Å². The molecule has 0 saturated heterocycles. The SMILES string of the molecule is CS/C(N)=N/N=C\c1ccc(Cl)c(Cl)c1. The summed E-state index contributed by atoms with van der Waals surface area (Å²) in [5.74, 6) is 0. The van der Waals surface area contributed by atoms with Crippen LogP contribution in [-0.2, 0) is 0 Å². The van der Waals surface area contributed by atoms with Crippen molar-refractivity contribution in [3.63, 3.8) is 0 Å². The van der Waals surface area contributed by atoms with Crippen molar-refractivity contribution in [2.45, 2.75) is 0 Å². The van der Waals surface area contributed by atoms with E-state index in [0.29, 0.717) is 15.2 Å². The number of hydrogen-bond acceptors (Lipinski definition) is 3. The Balaban J connectivity index is 2.77. The van der Waals surface area contributed by atoms with Gasteiger partial charge in [-0.25, -0.2) is 0 Å². The summed E-state index contributed by atoms with van der Waals surface area (Å²) in [5.41, 5.74) is 6.26. The van der Waals surface area contributed by atoms with Crippen molar-refractivity contribution in [3.8, 4) is 0 Å². The summed E-state index contributed by atoms with van der Waals surface area (Å²) in [6.07, 6.45) is 3.39. The number of amidine groups is 1. The van der Waals surface area contributed by atoms with E-state index < -0.39 is 0 Å². The lowest BCUT2D eigenvalue weighted by molar-refractivity contribution is 1.25. The predicted octanol–water partition coefficient (Wildman–Crippen LogP) is 3.01. The number of nitrogens with zero attached hydrogens (tertiary/aromatic N) is 2. The van der Waals surface area contributed by atoms with E-state index in [2.05, 4.69) is 10.2 Å². The van der Waals surface area contributed by atoms with Crippen LogP contribution in [-0.4, -0.2) is 17.6 Å². The first kappa shape index (κ1) is 12.4. The molecular formula is C9H9Cl2N3S. The molecule has 0 amide bonds. The van der Waals surface area contributed by atoms with Crippen LogP contribution in [0.5, 0.6) is 0 Å². The zero-order chi connectivity index (χ0) is 11.3. The lowest BCUT2D eigenvalue weighted by Crippen LogP contribution is -2.03. The first-order valence-electron chi connectivity index (χ1n) is 3.99. The van der Waals surface area contributed by atoms with Crippen molar-refractivity contribution in [1.29, 1.82) is 0 Å². The molecule has 0 aliphatic rings. The second kappa shape index (κ2) is 6.00. The van der Waals surface area contributed by atoms with Gasteiger partial charge in [0.1, 0.15) is 0 Å². The highest BCUT2D eigenvalue weighted by molar-refractivity contribution is 8.13. The zero-order valence-corrected chi connectivity index (χ0v) is 10.3. The largest absolute Gasteiger partial charge is 0.377 e. The van der Waals surface area contributed by atoms with Crippen LogP contribution in [0.3, 0.4) is 0 Å². The molecule has 0 unspecified atom stereocenters. The average molecular weight is 262 g/mol. The van der Waals surface area contributed by atoms with Gasteiger partial charge < -0.3 is 5.73 Å². The highest BCUT2D eigenvalue weighted by Gasteiger charge is 1.96. The minimum atomic E-state index is 0.409. The molecule has 0 fully saturated rings. The molecule has 3 nitrogen and oxygen atoms in total. The van der Waals surface area contributed by atoms with Crippen LogP contribution < -0.4 is 5.73 Å². The first-order valence-corrected chi connectivity index (χ1v) is 5.97. The Morgan fingerprint density at radius 2 is 2.13 bits per heavy atom. The maximum absolute atomic E-state index is 5.82. The molecule has 0 aliphatic heterocycles. The molecule has 0 heterocycles. The molecule has 6 heteroatoms. The molecule has 1 aromatic rings. The summed E-state index contributed by atoms with van der Waals surface area (Å²) in [6, 6.07) is 5.20. The number of benzene rings is 1. The van der Waals surface area contributed by atoms with E-state index in [1.165, 1.54) is 11.8 Å². The van der Waals surface area contributed by atoms with Gasteiger partial charge in [0, 0.05) is 0 Å². The van der Waals surface area contributed by atoms with Crippen molar-refractivity contribution in [2.75, 3.05) is 6.26 Å². The lowest BCUT2D eigenvalue weighted by atomic mass is 10.2. The van der Waals surface area contributed by atoms with Gasteiger partial charge in [0.05, 0.1) is 16.3 Å². The Morgan fingerprint density at radius 3 is 2.73 bits per heavy atom. The molecule has 1 rings (SSSR count). The predicted molar refractivity (Wildman–Crippen MR) is 69.2 cm³/mol. The zero-order valence-electron chi connectivity index (χ0n) is 7.95. The van der Waals surface area contributed by atoms with Crippen molar-refractivity contribution in [3.05, 3.63) is 33.8 Å². The monoisotopic (exact) mass is 261 g/mol. The van der Waals surface area contributed by atoms with Gasteiger partial charge in [0.2, 0.25) is 0 Å². The first-order chi connectivity index (χ1) is 7.13. The van der Waals surface area contributed by atoms with E-state index in [1.54, 1.807) is 24.4 Å². The summed E-state index contributed by atoms with van der Waals surface area (Å²) in [4.78, 5) is 0. The molecule has 0 aliphatic carbocycles. The summed E-state index contributed by atoms with van der Waals surface area (Å²) in [5, 5.41) is 8.95. The lowest BCUT2D eigenvalue weighted by Gasteiger charge is -1.95. The Bertz CT molecular complexity index is 404. The van der Waals surface area contributed by atoms with E-state index in [4.69, 9.17) is 28.9 Å². The van der Waals surface area contributed by atoms with Gasteiger partial charge in [-0.2, -0.15) is 5.10 Å². The molecule has 0 radical (unpaired) electrons. The van der Waals surface area contributed by atoms with Gasteiger partial charge >= 0.3 is 0 Å². The average Bonchev–Trinajstić information content (AvgIpc) is 2.23. The van der Waals surface area contributed by atoms with Crippen LogP contribution in [0.25, 0.3) is 0 Å². The van der Waals surface area contributed by atoms with Crippen LogP contribution in [0.1, 0.15) is 5.56 Å². The second-order valence-corrected chi connectivity index (χ2v) is 4.20. The molecule has 0 atom stereocenters. The van der Waals surface area contributed by atoms with Crippen LogP contribution in [0, 0.1) is 0 Å². The minimum absolute atomic E-state index is 0.409. The summed E-state index contributed by atoms with van der Waals surface area (Å²) in [6.45, 7) is 0. The molecule has 0 aromatic heterocycles. The van der Waals surface area contributed by atoms with Gasteiger partial charge in [0.25, 0.3) is 0 Å². The van der Waals surface area contributed by atoms with Crippen LogP contribution in [0.15, 0.2) is 28.4 Å². The third-order valence-corrected chi connectivity index (χ3v) is 2.75. The normalized spacial score (nSPS) is 12.3. The molecule has 1 aromatic carbocycles. The Kier molecular flexibility index (Phi) is 4.94. The van der Waals surface area contributed by atoms with Crippen LogP contribution >= 0.6 is 35.0 Å². The topological polar surface area (TPSA) is 50.7 Å². The molecule has 0 spiro atoms. The number of nitrogens with two attached hydrogens (primary N) is 1.